The largest absolute Gasteiger partial charge is 0.393 e. The van der Waals surface area contributed by atoms with E-state index in [1.54, 1.807) is 18.9 Å². The van der Waals surface area contributed by atoms with Crippen molar-refractivity contribution in [1.29, 1.82) is 0 Å². The number of nitrogens with one attached hydrogen (secondary N) is 1. The Morgan fingerprint density at radius 3 is 2.45 bits per heavy atom. The summed E-state index contributed by atoms with van der Waals surface area (Å²) >= 11 is 0. The summed E-state index contributed by atoms with van der Waals surface area (Å²) in [6.07, 6.45) is 0.149. The third-order valence-corrected chi connectivity index (χ3v) is 3.48. The standard InChI is InChI=1S/C18H22N2O2/c1-14(21)12-13-20(2)18(22)19-17-11-7-6-10-16(17)15-8-4-3-5-9-15/h3-11,14,21H,12-13H2,1-2H3,(H,19,22). The van der Waals surface area contributed by atoms with Crippen molar-refractivity contribution in [3.05, 3.63) is 54.6 Å². The SMILES string of the molecule is CC(O)CCN(C)C(=O)Nc1ccccc1-c1ccccc1. The van der Waals surface area contributed by atoms with Gasteiger partial charge in [-0.1, -0.05) is 48.5 Å². The maximum Gasteiger partial charge on any atom is 0.321 e. The molecule has 0 radical (unpaired) electrons. The number of para-hydroxylation sites is 1. The highest BCUT2D eigenvalue weighted by Gasteiger charge is 2.12. The second-order valence-corrected chi connectivity index (χ2v) is 5.40. The lowest BCUT2D eigenvalue weighted by molar-refractivity contribution is 0.167. The maximum atomic E-state index is 12.2. The Morgan fingerprint density at radius 1 is 1.14 bits per heavy atom. The van der Waals surface area contributed by atoms with Gasteiger partial charge in [-0.05, 0) is 25.0 Å². The first-order chi connectivity index (χ1) is 10.6. The van der Waals surface area contributed by atoms with Crippen LogP contribution in [0.3, 0.4) is 0 Å². The van der Waals surface area contributed by atoms with Gasteiger partial charge in [-0.25, -0.2) is 4.79 Å². The molecule has 0 heterocycles. The van der Waals surface area contributed by atoms with Gasteiger partial charge in [-0.15, -0.1) is 0 Å². The molecule has 116 valence electrons. The molecule has 4 nitrogen and oxygen atoms in total. The van der Waals surface area contributed by atoms with E-state index >= 15 is 0 Å². The Labute approximate surface area is 131 Å². The molecule has 0 aliphatic rings. The molecule has 0 saturated heterocycles. The molecule has 2 N–H and O–H groups in total. The molecule has 1 unspecified atom stereocenters. The molecule has 0 aliphatic carbocycles. The molecule has 0 aliphatic heterocycles. The van der Waals surface area contributed by atoms with Gasteiger partial charge in [-0.2, -0.15) is 0 Å². The molecule has 2 amide bonds. The van der Waals surface area contributed by atoms with E-state index in [0.717, 1.165) is 16.8 Å². The summed E-state index contributed by atoms with van der Waals surface area (Å²) in [5, 5.41) is 12.2. The first kappa shape index (κ1) is 16.0. The average Bonchev–Trinajstić information content (AvgIpc) is 2.53. The Kier molecular flexibility index (Phi) is 5.55. The molecule has 0 saturated carbocycles. The molecule has 0 bridgehead atoms. The third-order valence-electron chi connectivity index (χ3n) is 3.48. The van der Waals surface area contributed by atoms with Crippen LogP contribution >= 0.6 is 0 Å². The maximum absolute atomic E-state index is 12.2. The zero-order valence-corrected chi connectivity index (χ0v) is 13.0. The highest BCUT2D eigenvalue weighted by molar-refractivity contribution is 5.94. The second kappa shape index (κ2) is 7.61. The van der Waals surface area contributed by atoms with E-state index in [-0.39, 0.29) is 6.03 Å². The Balaban J connectivity index is 2.12. The molecule has 2 aromatic rings. The van der Waals surface area contributed by atoms with Gasteiger partial charge >= 0.3 is 6.03 Å². The van der Waals surface area contributed by atoms with Crippen molar-refractivity contribution in [3.8, 4) is 11.1 Å². The monoisotopic (exact) mass is 298 g/mol. The minimum atomic E-state index is -0.410. The summed E-state index contributed by atoms with van der Waals surface area (Å²) in [5.41, 5.74) is 2.83. The molecule has 2 aromatic carbocycles. The molecule has 0 spiro atoms. The van der Waals surface area contributed by atoms with Crippen LogP contribution in [0.1, 0.15) is 13.3 Å². The van der Waals surface area contributed by atoms with E-state index in [9.17, 15) is 9.90 Å². The number of carbonyl (C=O) groups is 1. The molecule has 1 atom stereocenters. The predicted octanol–water partition coefficient (Wildman–Crippen LogP) is 3.59. The topological polar surface area (TPSA) is 52.6 Å². The summed E-state index contributed by atoms with van der Waals surface area (Å²) in [4.78, 5) is 13.8. The summed E-state index contributed by atoms with van der Waals surface area (Å²) < 4.78 is 0. The Bertz CT molecular complexity index is 611. The second-order valence-electron chi connectivity index (χ2n) is 5.40. The first-order valence-corrected chi connectivity index (χ1v) is 7.42. The summed E-state index contributed by atoms with van der Waals surface area (Å²) in [6.45, 7) is 2.23. The number of aliphatic hydroxyl groups excluding tert-OH is 1. The van der Waals surface area contributed by atoms with Crippen molar-refractivity contribution in [3.63, 3.8) is 0 Å². The minimum absolute atomic E-state index is 0.177. The quantitative estimate of drug-likeness (QED) is 0.886. The Hall–Kier alpha value is -2.33. The number of carbonyl (C=O) groups excluding carboxylic acids is 1. The van der Waals surface area contributed by atoms with Gasteiger partial charge in [0.25, 0.3) is 0 Å². The van der Waals surface area contributed by atoms with Crippen molar-refractivity contribution in [2.24, 2.45) is 0 Å². The van der Waals surface area contributed by atoms with Crippen LogP contribution < -0.4 is 5.32 Å². The van der Waals surface area contributed by atoms with Crippen LogP contribution in [0.15, 0.2) is 54.6 Å². The van der Waals surface area contributed by atoms with E-state index in [4.69, 9.17) is 0 Å². The van der Waals surface area contributed by atoms with Crippen LogP contribution in [-0.2, 0) is 0 Å². The zero-order valence-electron chi connectivity index (χ0n) is 13.0. The number of urea groups is 1. The van der Waals surface area contributed by atoms with Crippen LogP contribution in [0.2, 0.25) is 0 Å². The fraction of sp³-hybridized carbons (Fsp3) is 0.278. The number of aliphatic hydroxyl groups is 1. The lowest BCUT2D eigenvalue weighted by atomic mass is 10.0. The predicted molar refractivity (Wildman–Crippen MR) is 89.8 cm³/mol. The van der Waals surface area contributed by atoms with Gasteiger partial charge < -0.3 is 15.3 Å². The molecule has 2 rings (SSSR count). The number of anilines is 1. The third kappa shape index (κ3) is 4.33. The van der Waals surface area contributed by atoms with Gasteiger partial charge in [0.2, 0.25) is 0 Å². The van der Waals surface area contributed by atoms with Crippen molar-refractivity contribution in [2.45, 2.75) is 19.4 Å². The smallest absolute Gasteiger partial charge is 0.321 e. The average molecular weight is 298 g/mol. The van der Waals surface area contributed by atoms with E-state index in [0.29, 0.717) is 13.0 Å². The normalized spacial score (nSPS) is 11.8. The number of hydrogen-bond acceptors (Lipinski definition) is 2. The zero-order chi connectivity index (χ0) is 15.9. The first-order valence-electron chi connectivity index (χ1n) is 7.42. The molecule has 0 fully saturated rings. The summed E-state index contributed by atoms with van der Waals surface area (Å²) in [6, 6.07) is 17.5. The lowest BCUT2D eigenvalue weighted by Gasteiger charge is -2.20. The van der Waals surface area contributed by atoms with Gasteiger partial charge in [0.15, 0.2) is 0 Å². The van der Waals surface area contributed by atoms with E-state index in [1.165, 1.54) is 0 Å². The van der Waals surface area contributed by atoms with Crippen molar-refractivity contribution >= 4 is 11.7 Å². The molecular formula is C18H22N2O2. The van der Waals surface area contributed by atoms with Crippen molar-refractivity contribution in [2.75, 3.05) is 18.9 Å². The van der Waals surface area contributed by atoms with Gasteiger partial charge in [0, 0.05) is 19.2 Å². The number of nitrogens with zero attached hydrogens (tertiary/aromatic N) is 1. The molecule has 22 heavy (non-hydrogen) atoms. The number of amides is 2. The van der Waals surface area contributed by atoms with Crippen molar-refractivity contribution in [1.82, 2.24) is 4.90 Å². The number of benzene rings is 2. The van der Waals surface area contributed by atoms with Gasteiger partial charge in [-0.3, -0.25) is 0 Å². The molecule has 4 heteroatoms. The van der Waals surface area contributed by atoms with Crippen molar-refractivity contribution < 1.29 is 9.90 Å². The van der Waals surface area contributed by atoms with E-state index in [2.05, 4.69) is 5.32 Å². The fourth-order valence-electron chi connectivity index (χ4n) is 2.15. The van der Waals surface area contributed by atoms with Gasteiger partial charge in [0.1, 0.15) is 0 Å². The lowest BCUT2D eigenvalue weighted by Crippen LogP contribution is -2.33. The summed E-state index contributed by atoms with van der Waals surface area (Å²) in [5.74, 6) is 0. The number of rotatable bonds is 5. The highest BCUT2D eigenvalue weighted by atomic mass is 16.3. The van der Waals surface area contributed by atoms with Crippen LogP contribution in [0, 0.1) is 0 Å². The summed E-state index contributed by atoms with van der Waals surface area (Å²) in [7, 11) is 1.73. The van der Waals surface area contributed by atoms with Crippen LogP contribution in [0.25, 0.3) is 11.1 Å². The van der Waals surface area contributed by atoms with Crippen LogP contribution in [0.4, 0.5) is 10.5 Å². The minimum Gasteiger partial charge on any atom is -0.393 e. The Morgan fingerprint density at radius 2 is 1.77 bits per heavy atom. The fourth-order valence-corrected chi connectivity index (χ4v) is 2.15. The number of hydrogen-bond donors (Lipinski definition) is 2. The van der Waals surface area contributed by atoms with Crippen LogP contribution in [-0.4, -0.2) is 35.7 Å². The van der Waals surface area contributed by atoms with E-state index < -0.39 is 6.10 Å². The highest BCUT2D eigenvalue weighted by Crippen LogP contribution is 2.27. The van der Waals surface area contributed by atoms with Crippen LogP contribution in [0.5, 0.6) is 0 Å². The van der Waals surface area contributed by atoms with Gasteiger partial charge in [0.05, 0.1) is 11.8 Å². The molecular weight excluding hydrogens is 276 g/mol. The van der Waals surface area contributed by atoms with E-state index in [1.807, 2.05) is 54.6 Å². The molecule has 0 aromatic heterocycles.